The molecular weight excluding hydrogens is 486 g/mol. The van der Waals surface area contributed by atoms with E-state index in [1.165, 1.54) is 19.4 Å². The predicted octanol–water partition coefficient (Wildman–Crippen LogP) is 3.04. The van der Waals surface area contributed by atoms with Gasteiger partial charge in [-0.15, -0.1) is 0 Å². The highest BCUT2D eigenvalue weighted by molar-refractivity contribution is 7.17. The third kappa shape index (κ3) is 7.45. The molecule has 0 saturated heterocycles. The lowest BCUT2D eigenvalue weighted by atomic mass is 10.2. The van der Waals surface area contributed by atoms with Gasteiger partial charge in [0.2, 0.25) is 5.91 Å². The Morgan fingerprint density at radius 1 is 1.15 bits per heavy atom. The predicted molar refractivity (Wildman–Crippen MR) is 128 cm³/mol. The molecule has 2 heterocycles. The van der Waals surface area contributed by atoms with Crippen LogP contribution in [0.5, 0.6) is 0 Å². The van der Waals surface area contributed by atoms with E-state index >= 15 is 0 Å². The second-order valence-corrected chi connectivity index (χ2v) is 7.97. The molecule has 0 fully saturated rings. The van der Waals surface area contributed by atoms with Gasteiger partial charge in [-0.3, -0.25) is 14.4 Å². The van der Waals surface area contributed by atoms with E-state index in [4.69, 9.17) is 16.8 Å². The summed E-state index contributed by atoms with van der Waals surface area (Å²) in [4.78, 5) is 48.6. The lowest BCUT2D eigenvalue weighted by molar-refractivity contribution is -0.142. The van der Waals surface area contributed by atoms with E-state index in [9.17, 15) is 14.4 Å². The number of thiazole rings is 1. The number of carbonyl (C=O) groups excluding carboxylic acids is 3. The first-order chi connectivity index (χ1) is 16.2. The van der Waals surface area contributed by atoms with Gasteiger partial charge in [-0.1, -0.05) is 35.1 Å². The quantitative estimate of drug-likeness (QED) is 0.181. The minimum Gasteiger partial charge on any atom is -0.469 e. The molecule has 3 rings (SSSR count). The van der Waals surface area contributed by atoms with Crippen LogP contribution in [0.1, 0.15) is 27.5 Å². The first-order valence-corrected chi connectivity index (χ1v) is 10.7. The number of nitrogens with zero attached hydrogens (tertiary/aromatic N) is 3. The Bertz CT molecular complexity index is 1170. The summed E-state index contributed by atoms with van der Waals surface area (Å²) in [6.07, 6.45) is 1.000. The van der Waals surface area contributed by atoms with Crippen LogP contribution in [0.2, 0.25) is 5.02 Å². The summed E-state index contributed by atoms with van der Waals surface area (Å²) < 4.78 is 4.47. The lowest BCUT2D eigenvalue weighted by Crippen LogP contribution is -2.18. The monoisotopic (exact) mass is 507 g/mol. The van der Waals surface area contributed by atoms with Crippen LogP contribution >= 0.6 is 22.9 Å². The molecule has 6 N–H and O–H groups in total. The number of aromatic nitrogens is 3. The number of carbonyl (C=O) groups is 3. The lowest BCUT2D eigenvalue weighted by Gasteiger charge is -2.09. The smallest absolute Gasteiger partial charge is 0.315 e. The molecule has 0 atom stereocenters. The van der Waals surface area contributed by atoms with Gasteiger partial charge >= 0.3 is 5.97 Å². The summed E-state index contributed by atoms with van der Waals surface area (Å²) in [7, 11) is 1.20. The number of esters is 1. The minimum absolute atomic E-state index is 0.206. The SMILES string of the molecule is COC(=O)CC(=O)Nc1cc(Nc2ncc(C(=O)Nc3c(C)cccc3Cl)s2)nc(C)n1.NO. The Kier molecular flexibility index (Phi) is 9.82. The molecule has 180 valence electrons. The van der Waals surface area contributed by atoms with E-state index in [2.05, 4.69) is 41.5 Å². The van der Waals surface area contributed by atoms with Crippen LogP contribution in [0.15, 0.2) is 30.5 Å². The number of hydrogen-bond acceptors (Lipinski definition) is 11. The van der Waals surface area contributed by atoms with E-state index in [1.807, 2.05) is 13.0 Å². The summed E-state index contributed by atoms with van der Waals surface area (Å²) in [5.74, 6) is 2.87. The number of nitrogens with two attached hydrogens (primary N) is 1. The average molecular weight is 508 g/mol. The Hall–Kier alpha value is -3.65. The van der Waals surface area contributed by atoms with Gasteiger partial charge in [-0.05, 0) is 25.5 Å². The summed E-state index contributed by atoms with van der Waals surface area (Å²) in [5.41, 5.74) is 1.38. The van der Waals surface area contributed by atoms with Crippen molar-refractivity contribution in [3.05, 3.63) is 51.7 Å². The molecule has 3 aromatic rings. The van der Waals surface area contributed by atoms with Crippen LogP contribution in [0, 0.1) is 13.8 Å². The average Bonchev–Trinajstić information content (AvgIpc) is 3.25. The summed E-state index contributed by atoms with van der Waals surface area (Å²) in [6.45, 7) is 3.49. The summed E-state index contributed by atoms with van der Waals surface area (Å²) in [5, 5.41) is 15.6. The van der Waals surface area contributed by atoms with Gasteiger partial charge < -0.3 is 25.9 Å². The van der Waals surface area contributed by atoms with Gasteiger partial charge in [-0.2, -0.15) is 0 Å². The number of benzene rings is 1. The topological polar surface area (TPSA) is 181 Å². The number of rotatable bonds is 7. The number of nitrogens with one attached hydrogen (secondary N) is 3. The third-order valence-electron chi connectivity index (χ3n) is 4.06. The molecule has 2 aromatic heterocycles. The molecule has 2 amide bonds. The van der Waals surface area contributed by atoms with Crippen molar-refractivity contribution in [2.75, 3.05) is 23.1 Å². The largest absolute Gasteiger partial charge is 0.469 e. The third-order valence-corrected chi connectivity index (χ3v) is 5.29. The molecule has 0 aliphatic carbocycles. The fourth-order valence-corrected chi connectivity index (χ4v) is 3.59. The maximum Gasteiger partial charge on any atom is 0.315 e. The van der Waals surface area contributed by atoms with E-state index in [-0.39, 0.29) is 11.7 Å². The van der Waals surface area contributed by atoms with Gasteiger partial charge in [0.05, 0.1) is 24.0 Å². The molecule has 0 aliphatic heterocycles. The number of para-hydroxylation sites is 1. The number of hydrogen-bond donors (Lipinski definition) is 5. The van der Waals surface area contributed by atoms with Crippen molar-refractivity contribution in [3.8, 4) is 0 Å². The number of ether oxygens (including phenoxy) is 1. The van der Waals surface area contributed by atoms with Crippen molar-refractivity contribution < 1.29 is 24.3 Å². The van der Waals surface area contributed by atoms with Gasteiger partial charge in [0.1, 0.15) is 28.8 Å². The minimum atomic E-state index is -0.660. The zero-order valence-electron chi connectivity index (χ0n) is 18.4. The van der Waals surface area contributed by atoms with Crippen LogP contribution in [-0.4, -0.2) is 45.1 Å². The van der Waals surface area contributed by atoms with Gasteiger partial charge in [0.15, 0.2) is 5.13 Å². The zero-order chi connectivity index (χ0) is 25.3. The molecule has 0 radical (unpaired) electrons. The van der Waals surface area contributed by atoms with Crippen LogP contribution in [0.4, 0.5) is 22.5 Å². The van der Waals surface area contributed by atoms with Crippen molar-refractivity contribution in [2.45, 2.75) is 20.3 Å². The van der Waals surface area contributed by atoms with Crippen molar-refractivity contribution in [2.24, 2.45) is 5.90 Å². The highest BCUT2D eigenvalue weighted by Gasteiger charge is 2.15. The summed E-state index contributed by atoms with van der Waals surface area (Å²) in [6, 6.07) is 6.83. The molecule has 1 aromatic carbocycles. The van der Waals surface area contributed by atoms with Crippen LogP contribution in [0.25, 0.3) is 0 Å². The molecule has 0 bridgehead atoms. The van der Waals surface area contributed by atoms with Gasteiger partial charge in [-0.25, -0.2) is 20.8 Å². The summed E-state index contributed by atoms with van der Waals surface area (Å²) >= 11 is 7.28. The van der Waals surface area contributed by atoms with Crippen molar-refractivity contribution in [1.29, 1.82) is 0 Å². The zero-order valence-corrected chi connectivity index (χ0v) is 20.0. The number of anilines is 4. The second kappa shape index (κ2) is 12.6. The Morgan fingerprint density at radius 2 is 1.85 bits per heavy atom. The second-order valence-electron chi connectivity index (χ2n) is 6.53. The fourth-order valence-electron chi connectivity index (χ4n) is 2.60. The molecule has 0 spiro atoms. The maximum atomic E-state index is 12.6. The molecule has 0 aliphatic rings. The Morgan fingerprint density at radius 3 is 2.53 bits per heavy atom. The van der Waals surface area contributed by atoms with E-state index in [0.29, 0.717) is 32.4 Å². The van der Waals surface area contributed by atoms with E-state index in [0.717, 1.165) is 16.9 Å². The first-order valence-electron chi connectivity index (χ1n) is 9.52. The first kappa shape index (κ1) is 26.6. The number of aryl methyl sites for hydroxylation is 2. The normalized spacial score (nSPS) is 9.94. The number of halogens is 1. The number of methoxy groups -OCH3 is 1. The van der Waals surface area contributed by atoms with Crippen LogP contribution < -0.4 is 21.8 Å². The molecule has 14 heteroatoms. The van der Waals surface area contributed by atoms with E-state index < -0.39 is 18.3 Å². The highest BCUT2D eigenvalue weighted by atomic mass is 35.5. The van der Waals surface area contributed by atoms with Crippen molar-refractivity contribution >= 4 is 63.2 Å². The Balaban J connectivity index is 0.00000199. The molecule has 34 heavy (non-hydrogen) atoms. The molecule has 0 saturated carbocycles. The molecular formula is C20H22ClN7O5S. The molecule has 12 nitrogen and oxygen atoms in total. The highest BCUT2D eigenvalue weighted by Crippen LogP contribution is 2.28. The van der Waals surface area contributed by atoms with Crippen LogP contribution in [0.3, 0.4) is 0 Å². The van der Waals surface area contributed by atoms with E-state index in [1.54, 1.807) is 19.1 Å². The van der Waals surface area contributed by atoms with Gasteiger partial charge in [0, 0.05) is 6.07 Å². The maximum absolute atomic E-state index is 12.6. The number of amides is 2. The molecule has 0 unspecified atom stereocenters. The van der Waals surface area contributed by atoms with Crippen molar-refractivity contribution in [1.82, 2.24) is 15.0 Å². The van der Waals surface area contributed by atoms with Crippen LogP contribution in [-0.2, 0) is 14.3 Å². The van der Waals surface area contributed by atoms with Gasteiger partial charge in [0.25, 0.3) is 5.91 Å². The standard InChI is InChI=1S/C20H19ClN6O4S.H3NO/c1-10-5-4-6-12(21)18(10)27-19(30)13-9-22-20(32-13)26-15-7-14(23-11(2)24-15)25-16(28)8-17(29)31-3;1-2/h4-7,9H,8H2,1-3H3,(H,27,30)(H2,22,23,24,25,26,28);2H,1H2. The van der Waals surface area contributed by atoms with Crippen molar-refractivity contribution in [3.63, 3.8) is 0 Å². The fraction of sp³-hybridized carbons (Fsp3) is 0.200. The Labute approximate surface area is 203 Å².